The van der Waals surface area contributed by atoms with E-state index in [1.807, 2.05) is 60.7 Å². The molecule has 0 saturated heterocycles. The highest BCUT2D eigenvalue weighted by Gasteiger charge is 2.10. The molecular formula is C24H22N2O3. The molecule has 0 radical (unpaired) electrons. The Balaban J connectivity index is 1.40. The third kappa shape index (κ3) is 4.46. The number of nitrogens with one attached hydrogen (secondary N) is 1. The number of amides is 1. The van der Waals surface area contributed by atoms with E-state index in [1.165, 1.54) is 5.56 Å². The summed E-state index contributed by atoms with van der Waals surface area (Å²) in [5, 5.41) is 2.83. The Morgan fingerprint density at radius 1 is 1.03 bits per heavy atom. The van der Waals surface area contributed by atoms with Gasteiger partial charge < -0.3 is 14.5 Å². The first-order valence-corrected chi connectivity index (χ1v) is 9.57. The Hall–Kier alpha value is -3.60. The molecule has 0 aliphatic carbocycles. The van der Waals surface area contributed by atoms with Crippen LogP contribution >= 0.6 is 0 Å². The van der Waals surface area contributed by atoms with Gasteiger partial charge in [0.05, 0.1) is 0 Å². The van der Waals surface area contributed by atoms with E-state index in [-0.39, 0.29) is 12.5 Å². The molecular weight excluding hydrogens is 364 g/mol. The van der Waals surface area contributed by atoms with Crippen LogP contribution in [0.25, 0.3) is 22.6 Å². The van der Waals surface area contributed by atoms with Crippen LogP contribution in [0.4, 0.5) is 5.69 Å². The van der Waals surface area contributed by atoms with Crippen molar-refractivity contribution in [2.24, 2.45) is 0 Å². The Morgan fingerprint density at radius 2 is 1.79 bits per heavy atom. The van der Waals surface area contributed by atoms with Crippen LogP contribution in [0.1, 0.15) is 25.3 Å². The van der Waals surface area contributed by atoms with Crippen molar-refractivity contribution in [2.45, 2.75) is 19.8 Å². The number of carbonyl (C=O) groups excluding carboxylic acids is 1. The standard InChI is InChI=1S/C24H22N2O3/c1-16(2)17-8-11-20(12-9-17)28-15-23(27)25-19-10-13-21-22(14-19)29-24(26-21)18-6-4-3-5-7-18/h3-14,16H,15H2,1-2H3,(H,25,27). The van der Waals surface area contributed by atoms with Crippen LogP contribution in [0.2, 0.25) is 0 Å². The zero-order valence-corrected chi connectivity index (χ0v) is 16.4. The smallest absolute Gasteiger partial charge is 0.262 e. The first-order valence-electron chi connectivity index (χ1n) is 9.57. The molecule has 0 bridgehead atoms. The van der Waals surface area contributed by atoms with Gasteiger partial charge in [-0.2, -0.15) is 0 Å². The maximum atomic E-state index is 12.2. The van der Waals surface area contributed by atoms with Crippen molar-refractivity contribution in [2.75, 3.05) is 11.9 Å². The lowest BCUT2D eigenvalue weighted by Crippen LogP contribution is -2.20. The van der Waals surface area contributed by atoms with E-state index < -0.39 is 0 Å². The fourth-order valence-electron chi connectivity index (χ4n) is 3.00. The van der Waals surface area contributed by atoms with Crippen molar-refractivity contribution in [3.05, 3.63) is 78.4 Å². The number of hydrogen-bond donors (Lipinski definition) is 1. The van der Waals surface area contributed by atoms with E-state index in [0.29, 0.717) is 28.8 Å². The number of rotatable bonds is 6. The minimum atomic E-state index is -0.236. The third-order valence-corrected chi connectivity index (χ3v) is 4.61. The van der Waals surface area contributed by atoms with Crippen LogP contribution in [0.15, 0.2) is 77.2 Å². The van der Waals surface area contributed by atoms with Gasteiger partial charge in [-0.1, -0.05) is 44.2 Å². The van der Waals surface area contributed by atoms with E-state index in [1.54, 1.807) is 12.1 Å². The summed E-state index contributed by atoms with van der Waals surface area (Å²) < 4.78 is 11.4. The van der Waals surface area contributed by atoms with Gasteiger partial charge >= 0.3 is 0 Å². The number of hydrogen-bond acceptors (Lipinski definition) is 4. The number of benzene rings is 3. The SMILES string of the molecule is CC(C)c1ccc(OCC(=O)Nc2ccc3nc(-c4ccccc4)oc3c2)cc1. The predicted molar refractivity (Wildman–Crippen MR) is 114 cm³/mol. The summed E-state index contributed by atoms with van der Waals surface area (Å²) in [5.74, 6) is 1.45. The second-order valence-corrected chi connectivity index (χ2v) is 7.13. The number of fused-ring (bicyclic) bond motifs is 1. The Labute approximate surface area is 169 Å². The van der Waals surface area contributed by atoms with Crippen molar-refractivity contribution in [1.82, 2.24) is 4.98 Å². The van der Waals surface area contributed by atoms with Gasteiger partial charge in [0.1, 0.15) is 11.3 Å². The van der Waals surface area contributed by atoms with E-state index >= 15 is 0 Å². The molecule has 0 atom stereocenters. The van der Waals surface area contributed by atoms with Gasteiger partial charge in [0.25, 0.3) is 5.91 Å². The van der Waals surface area contributed by atoms with Gasteiger partial charge in [0.15, 0.2) is 12.2 Å². The molecule has 5 nitrogen and oxygen atoms in total. The molecule has 4 rings (SSSR count). The first-order chi connectivity index (χ1) is 14.1. The van der Waals surface area contributed by atoms with Gasteiger partial charge in [0.2, 0.25) is 5.89 Å². The monoisotopic (exact) mass is 386 g/mol. The highest BCUT2D eigenvalue weighted by atomic mass is 16.5. The lowest BCUT2D eigenvalue weighted by atomic mass is 10.0. The second kappa shape index (κ2) is 8.19. The number of nitrogens with zero attached hydrogens (tertiary/aromatic N) is 1. The molecule has 1 amide bonds. The van der Waals surface area contributed by atoms with Crippen molar-refractivity contribution < 1.29 is 13.9 Å². The minimum Gasteiger partial charge on any atom is -0.484 e. The number of ether oxygens (including phenoxy) is 1. The Kier molecular flexibility index (Phi) is 5.29. The fourth-order valence-corrected chi connectivity index (χ4v) is 3.00. The summed E-state index contributed by atoms with van der Waals surface area (Å²) >= 11 is 0. The molecule has 0 unspecified atom stereocenters. The topological polar surface area (TPSA) is 64.4 Å². The van der Waals surface area contributed by atoms with Crippen LogP contribution in [0.3, 0.4) is 0 Å². The highest BCUT2D eigenvalue weighted by Crippen LogP contribution is 2.26. The average Bonchev–Trinajstić information content (AvgIpc) is 3.17. The lowest BCUT2D eigenvalue weighted by Gasteiger charge is -2.09. The second-order valence-electron chi connectivity index (χ2n) is 7.13. The van der Waals surface area contributed by atoms with Gasteiger partial charge in [-0.15, -0.1) is 0 Å². The molecule has 0 fully saturated rings. The van der Waals surface area contributed by atoms with Gasteiger partial charge in [0, 0.05) is 17.3 Å². The molecule has 0 saturated carbocycles. The normalized spacial score (nSPS) is 11.0. The minimum absolute atomic E-state index is 0.0647. The third-order valence-electron chi connectivity index (χ3n) is 4.61. The number of aromatic nitrogens is 1. The van der Waals surface area contributed by atoms with Crippen LogP contribution in [0, 0.1) is 0 Å². The van der Waals surface area contributed by atoms with Crippen molar-refractivity contribution in [1.29, 1.82) is 0 Å². The molecule has 4 aromatic rings. The summed E-state index contributed by atoms with van der Waals surface area (Å²) in [4.78, 5) is 16.7. The van der Waals surface area contributed by atoms with Gasteiger partial charge in [-0.25, -0.2) is 4.98 Å². The van der Waals surface area contributed by atoms with E-state index in [0.717, 1.165) is 11.1 Å². The zero-order valence-electron chi connectivity index (χ0n) is 16.4. The van der Waals surface area contributed by atoms with Crippen molar-refractivity contribution in [3.8, 4) is 17.2 Å². The molecule has 0 aliphatic heterocycles. The molecule has 5 heteroatoms. The largest absolute Gasteiger partial charge is 0.484 e. The maximum absolute atomic E-state index is 12.2. The molecule has 1 heterocycles. The number of anilines is 1. The Morgan fingerprint density at radius 3 is 2.52 bits per heavy atom. The fraction of sp³-hybridized carbons (Fsp3) is 0.167. The molecule has 29 heavy (non-hydrogen) atoms. The summed E-state index contributed by atoms with van der Waals surface area (Å²) in [7, 11) is 0. The highest BCUT2D eigenvalue weighted by molar-refractivity contribution is 5.93. The van der Waals surface area contributed by atoms with Gasteiger partial charge in [-0.05, 0) is 47.9 Å². The zero-order chi connectivity index (χ0) is 20.2. The summed E-state index contributed by atoms with van der Waals surface area (Å²) in [6.45, 7) is 4.21. The van der Waals surface area contributed by atoms with Crippen LogP contribution in [-0.4, -0.2) is 17.5 Å². The van der Waals surface area contributed by atoms with Crippen LogP contribution in [0.5, 0.6) is 5.75 Å². The number of oxazole rings is 1. The number of carbonyl (C=O) groups is 1. The summed E-state index contributed by atoms with van der Waals surface area (Å²) in [6, 6.07) is 22.9. The summed E-state index contributed by atoms with van der Waals surface area (Å²) in [6.07, 6.45) is 0. The van der Waals surface area contributed by atoms with Crippen LogP contribution < -0.4 is 10.1 Å². The van der Waals surface area contributed by atoms with Crippen LogP contribution in [-0.2, 0) is 4.79 Å². The molecule has 0 aliphatic rings. The van der Waals surface area contributed by atoms with Crippen molar-refractivity contribution >= 4 is 22.7 Å². The summed E-state index contributed by atoms with van der Waals surface area (Å²) in [5.41, 5.74) is 4.13. The molecule has 1 N–H and O–H groups in total. The first kappa shape index (κ1) is 18.7. The molecule has 3 aromatic carbocycles. The van der Waals surface area contributed by atoms with E-state index in [4.69, 9.17) is 9.15 Å². The predicted octanol–water partition coefficient (Wildman–Crippen LogP) is 5.64. The van der Waals surface area contributed by atoms with E-state index in [2.05, 4.69) is 24.1 Å². The molecule has 0 spiro atoms. The quantitative estimate of drug-likeness (QED) is 0.466. The average molecular weight is 386 g/mol. The molecule has 146 valence electrons. The van der Waals surface area contributed by atoms with Gasteiger partial charge in [-0.3, -0.25) is 4.79 Å². The maximum Gasteiger partial charge on any atom is 0.262 e. The lowest BCUT2D eigenvalue weighted by molar-refractivity contribution is -0.118. The Bertz CT molecular complexity index is 1120. The van der Waals surface area contributed by atoms with E-state index in [9.17, 15) is 4.79 Å². The van der Waals surface area contributed by atoms with Crippen molar-refractivity contribution in [3.63, 3.8) is 0 Å². The molecule has 1 aromatic heterocycles.